The number of carbonyl (C=O) groups excluding carboxylic acids is 1. The average Bonchev–Trinajstić information content (AvgIpc) is 3.52. The molecule has 3 aromatic carbocycles. The van der Waals surface area contributed by atoms with Gasteiger partial charge >= 0.3 is 0 Å². The van der Waals surface area contributed by atoms with E-state index in [4.69, 9.17) is 44.3 Å². The summed E-state index contributed by atoms with van der Waals surface area (Å²) in [6.45, 7) is 0.198. The number of H-pyrrole nitrogens is 1. The van der Waals surface area contributed by atoms with Gasteiger partial charge in [-0.15, -0.1) is 0 Å². The summed E-state index contributed by atoms with van der Waals surface area (Å²) in [5.41, 5.74) is 5.52. The molecule has 3 N–H and O–H groups in total. The predicted molar refractivity (Wildman–Crippen MR) is 160 cm³/mol. The molecule has 3 atom stereocenters. The van der Waals surface area contributed by atoms with Crippen molar-refractivity contribution in [3.05, 3.63) is 101 Å². The van der Waals surface area contributed by atoms with Crippen LogP contribution in [-0.2, 0) is 27.4 Å². The minimum atomic E-state index is -2.03. The van der Waals surface area contributed by atoms with Crippen molar-refractivity contribution in [2.45, 2.75) is 47.0 Å². The van der Waals surface area contributed by atoms with E-state index in [0.29, 0.717) is 12.2 Å². The number of hydrogen-bond donors (Lipinski definition) is 3. The number of carbonyl (C=O) groups is 1. The average molecular weight is 634 g/mol. The molecule has 41 heavy (non-hydrogen) atoms. The highest BCUT2D eigenvalue weighted by atomic mass is 35.6. The van der Waals surface area contributed by atoms with Gasteiger partial charge in [-0.25, -0.2) is 4.98 Å². The van der Waals surface area contributed by atoms with Crippen LogP contribution in [0.2, 0.25) is 0 Å². The number of ether oxygens (including phenoxy) is 2. The number of amides is 1. The summed E-state index contributed by atoms with van der Waals surface area (Å²) in [6, 6.07) is 23.5. The van der Waals surface area contributed by atoms with E-state index in [9.17, 15) is 9.90 Å². The Labute approximate surface area is 256 Å². The molecule has 1 fully saturated rings. The molecule has 1 aromatic heterocycles. The van der Waals surface area contributed by atoms with E-state index in [2.05, 4.69) is 20.5 Å². The van der Waals surface area contributed by atoms with Crippen LogP contribution in [0.4, 0.5) is 0 Å². The second-order valence-corrected chi connectivity index (χ2v) is 12.7. The summed E-state index contributed by atoms with van der Waals surface area (Å²) in [4.78, 5) is 16.2. The van der Waals surface area contributed by atoms with Crippen molar-refractivity contribution in [3.63, 3.8) is 0 Å². The second-order valence-electron chi connectivity index (χ2n) is 9.41. The first-order valence-corrected chi connectivity index (χ1v) is 14.9. The van der Waals surface area contributed by atoms with Crippen molar-refractivity contribution < 1.29 is 19.4 Å². The SMILES string of the molecule is O=C(NCc1ccccc1-c1ccc([C@@H]2O[C@H](CSc3ncn[nH]3)C[C@H](c3ccc(CO)cc3)O2)cc1)C(Cl)(Cl)Cl. The second kappa shape index (κ2) is 13.6. The molecule has 4 aromatic rings. The van der Waals surface area contributed by atoms with Crippen molar-refractivity contribution in [3.8, 4) is 11.1 Å². The topological polar surface area (TPSA) is 109 Å². The summed E-state index contributed by atoms with van der Waals surface area (Å²) < 4.78 is 10.8. The van der Waals surface area contributed by atoms with E-state index < -0.39 is 16.0 Å². The summed E-state index contributed by atoms with van der Waals surface area (Å²) in [5, 5.41) is 19.6. The maximum absolute atomic E-state index is 12.1. The van der Waals surface area contributed by atoms with Gasteiger partial charge in [-0.1, -0.05) is 119 Å². The highest BCUT2D eigenvalue weighted by molar-refractivity contribution is 7.99. The zero-order chi connectivity index (χ0) is 28.8. The number of aromatic amines is 1. The third-order valence-corrected chi connectivity index (χ3v) is 8.15. The highest BCUT2D eigenvalue weighted by Gasteiger charge is 2.33. The van der Waals surface area contributed by atoms with Crippen LogP contribution in [0, 0.1) is 0 Å². The number of nitrogens with one attached hydrogen (secondary N) is 2. The Morgan fingerprint density at radius 2 is 1.76 bits per heavy atom. The lowest BCUT2D eigenvalue weighted by Crippen LogP contribution is -2.34. The Kier molecular flexibility index (Phi) is 9.87. The van der Waals surface area contributed by atoms with Gasteiger partial charge in [0.2, 0.25) is 0 Å². The molecule has 1 saturated heterocycles. The molecule has 5 rings (SSSR count). The minimum Gasteiger partial charge on any atom is -0.392 e. The van der Waals surface area contributed by atoms with Gasteiger partial charge in [0.25, 0.3) is 9.70 Å². The largest absolute Gasteiger partial charge is 0.392 e. The smallest absolute Gasteiger partial charge is 0.272 e. The van der Waals surface area contributed by atoms with Crippen LogP contribution >= 0.6 is 46.6 Å². The lowest BCUT2D eigenvalue weighted by Gasteiger charge is -2.36. The van der Waals surface area contributed by atoms with Gasteiger partial charge in [0.15, 0.2) is 11.4 Å². The van der Waals surface area contributed by atoms with Crippen LogP contribution in [0.1, 0.15) is 41.1 Å². The van der Waals surface area contributed by atoms with Gasteiger partial charge in [0.05, 0.1) is 18.8 Å². The Morgan fingerprint density at radius 3 is 2.44 bits per heavy atom. The normalized spacial score (nSPS) is 19.2. The zero-order valence-electron chi connectivity index (χ0n) is 21.7. The molecule has 8 nitrogen and oxygen atoms in total. The molecule has 0 spiro atoms. The van der Waals surface area contributed by atoms with Crippen LogP contribution in [0.3, 0.4) is 0 Å². The van der Waals surface area contributed by atoms with E-state index in [0.717, 1.165) is 38.5 Å². The van der Waals surface area contributed by atoms with Crippen LogP contribution in [0.15, 0.2) is 84.3 Å². The van der Waals surface area contributed by atoms with Crippen LogP contribution in [0.5, 0.6) is 0 Å². The molecule has 0 saturated carbocycles. The van der Waals surface area contributed by atoms with E-state index in [1.165, 1.54) is 6.33 Å². The number of aliphatic hydroxyl groups excluding tert-OH is 1. The van der Waals surface area contributed by atoms with Gasteiger partial charge < -0.3 is 19.9 Å². The Morgan fingerprint density at radius 1 is 1.02 bits per heavy atom. The van der Waals surface area contributed by atoms with Crippen LogP contribution in [-0.4, -0.2) is 41.8 Å². The molecule has 1 amide bonds. The summed E-state index contributed by atoms with van der Waals surface area (Å²) in [5.74, 6) is -0.0121. The van der Waals surface area contributed by atoms with E-state index >= 15 is 0 Å². The number of aromatic nitrogens is 3. The van der Waals surface area contributed by atoms with Gasteiger partial charge in [-0.05, 0) is 27.8 Å². The molecular formula is C29H27Cl3N4O4S. The van der Waals surface area contributed by atoms with Gasteiger partial charge in [0, 0.05) is 24.3 Å². The maximum atomic E-state index is 12.1. The molecule has 0 radical (unpaired) electrons. The number of benzene rings is 3. The fraction of sp³-hybridized carbons (Fsp3) is 0.276. The third kappa shape index (κ3) is 7.81. The number of rotatable bonds is 9. The summed E-state index contributed by atoms with van der Waals surface area (Å²) >= 11 is 18.6. The van der Waals surface area contributed by atoms with E-state index in [1.54, 1.807) is 11.8 Å². The van der Waals surface area contributed by atoms with E-state index in [-0.39, 0.29) is 25.4 Å². The Balaban J connectivity index is 1.34. The Hall–Kier alpha value is -2.63. The van der Waals surface area contributed by atoms with E-state index in [1.807, 2.05) is 72.8 Å². The molecule has 214 valence electrons. The fourth-order valence-corrected chi connectivity index (χ4v) is 5.51. The first-order chi connectivity index (χ1) is 19.8. The zero-order valence-corrected chi connectivity index (χ0v) is 24.8. The lowest BCUT2D eigenvalue weighted by molar-refractivity contribution is -0.245. The summed E-state index contributed by atoms with van der Waals surface area (Å²) in [7, 11) is 0. The number of alkyl halides is 3. The van der Waals surface area contributed by atoms with Crippen molar-refractivity contribution in [1.29, 1.82) is 0 Å². The molecular weight excluding hydrogens is 607 g/mol. The third-order valence-electron chi connectivity index (χ3n) is 6.62. The standard InChI is InChI=1S/C29H27Cl3N4O4S/c30-29(31,32)27(38)33-14-22-3-1-2-4-24(22)19-9-11-21(12-10-19)26-39-23(16-41-28-34-17-35-36-28)13-25(40-26)20-7-5-18(15-37)6-8-20/h1-12,17,23,25-26,37H,13-16H2,(H,33,38)(H,34,35,36)/t23-,25+,26+/m0/s1. The summed E-state index contributed by atoms with van der Waals surface area (Å²) in [6.07, 6.45) is 1.27. The number of nitrogens with zero attached hydrogens (tertiary/aromatic N) is 2. The van der Waals surface area contributed by atoms with Gasteiger partial charge in [-0.2, -0.15) is 5.10 Å². The Bertz CT molecular complexity index is 1430. The van der Waals surface area contributed by atoms with Crippen LogP contribution in [0.25, 0.3) is 11.1 Å². The maximum Gasteiger partial charge on any atom is 0.272 e. The molecule has 0 aliphatic carbocycles. The first-order valence-electron chi connectivity index (χ1n) is 12.8. The number of thioether (sulfide) groups is 1. The minimum absolute atomic E-state index is 0.0112. The number of aliphatic hydroxyl groups is 1. The van der Waals surface area contributed by atoms with Crippen molar-refractivity contribution in [2.75, 3.05) is 5.75 Å². The quantitative estimate of drug-likeness (QED) is 0.147. The number of hydrogen-bond acceptors (Lipinski definition) is 7. The molecule has 1 aliphatic rings. The lowest BCUT2D eigenvalue weighted by atomic mass is 9.98. The van der Waals surface area contributed by atoms with Crippen molar-refractivity contribution >= 4 is 52.5 Å². The first kappa shape index (κ1) is 29.8. The van der Waals surface area contributed by atoms with Crippen molar-refractivity contribution in [1.82, 2.24) is 20.5 Å². The number of halogens is 3. The molecule has 0 bridgehead atoms. The van der Waals surface area contributed by atoms with Gasteiger partial charge in [-0.3, -0.25) is 9.89 Å². The molecule has 0 unspecified atom stereocenters. The molecule has 2 heterocycles. The van der Waals surface area contributed by atoms with Gasteiger partial charge in [0.1, 0.15) is 6.33 Å². The molecule has 1 aliphatic heterocycles. The highest BCUT2D eigenvalue weighted by Crippen LogP contribution is 2.39. The molecule has 12 heteroatoms. The van der Waals surface area contributed by atoms with Crippen LogP contribution < -0.4 is 5.32 Å². The van der Waals surface area contributed by atoms with Crippen molar-refractivity contribution in [2.24, 2.45) is 0 Å². The predicted octanol–water partition coefficient (Wildman–Crippen LogP) is 6.29. The monoisotopic (exact) mass is 632 g/mol. The fourth-order valence-electron chi connectivity index (χ4n) is 4.51.